The SMILES string of the molecule is COc1ccc([C@H]2CC(=O)C3=C(C2)Nc2ccccc2N[C@H]3c2ccc(C)c([N+](=O)[O-])c2)cc1. The van der Waals surface area contributed by atoms with Gasteiger partial charge in [-0.25, -0.2) is 0 Å². The van der Waals surface area contributed by atoms with Crippen molar-refractivity contribution in [2.24, 2.45) is 0 Å². The number of benzene rings is 3. The molecule has 0 unspecified atom stereocenters. The van der Waals surface area contributed by atoms with Crippen molar-refractivity contribution >= 4 is 22.8 Å². The Hall–Kier alpha value is -4.13. The van der Waals surface area contributed by atoms with Crippen LogP contribution < -0.4 is 15.4 Å². The average molecular weight is 456 g/mol. The first-order chi connectivity index (χ1) is 16.4. The molecule has 0 fully saturated rings. The number of allylic oxidation sites excluding steroid dienone is 1. The molecule has 7 heteroatoms. The molecule has 172 valence electrons. The highest BCUT2D eigenvalue weighted by Crippen LogP contribution is 2.44. The number of rotatable bonds is 4. The number of fused-ring (bicyclic) bond motifs is 1. The van der Waals surface area contributed by atoms with Gasteiger partial charge in [-0.15, -0.1) is 0 Å². The third-order valence-electron chi connectivity index (χ3n) is 6.66. The van der Waals surface area contributed by atoms with Gasteiger partial charge in [-0.3, -0.25) is 14.9 Å². The van der Waals surface area contributed by atoms with Crippen LogP contribution in [0.2, 0.25) is 0 Å². The van der Waals surface area contributed by atoms with E-state index in [0.717, 1.165) is 28.4 Å². The van der Waals surface area contributed by atoms with Gasteiger partial charge in [-0.05, 0) is 54.7 Å². The van der Waals surface area contributed by atoms with E-state index in [9.17, 15) is 14.9 Å². The van der Waals surface area contributed by atoms with Crippen molar-refractivity contribution in [2.45, 2.75) is 31.7 Å². The molecular formula is C27H25N3O4. The van der Waals surface area contributed by atoms with Gasteiger partial charge in [0.05, 0.1) is 29.4 Å². The van der Waals surface area contributed by atoms with Gasteiger partial charge in [0.15, 0.2) is 5.78 Å². The molecule has 0 saturated carbocycles. The Labute approximate surface area is 197 Å². The van der Waals surface area contributed by atoms with Crippen molar-refractivity contribution < 1.29 is 14.5 Å². The van der Waals surface area contributed by atoms with Crippen LogP contribution in [0.3, 0.4) is 0 Å². The lowest BCUT2D eigenvalue weighted by Crippen LogP contribution is -2.27. The number of nitro benzene ring substituents is 1. The van der Waals surface area contributed by atoms with E-state index in [4.69, 9.17) is 4.74 Å². The summed E-state index contributed by atoms with van der Waals surface area (Å²) >= 11 is 0. The lowest BCUT2D eigenvalue weighted by atomic mass is 9.78. The second-order valence-electron chi connectivity index (χ2n) is 8.74. The molecule has 34 heavy (non-hydrogen) atoms. The minimum absolute atomic E-state index is 0.0305. The van der Waals surface area contributed by atoms with Gasteiger partial charge in [0.2, 0.25) is 0 Å². The molecule has 7 nitrogen and oxygen atoms in total. The second kappa shape index (κ2) is 8.67. The topological polar surface area (TPSA) is 93.5 Å². The van der Waals surface area contributed by atoms with Crippen LogP contribution in [0.25, 0.3) is 0 Å². The number of nitro groups is 1. The number of hydrogen-bond donors (Lipinski definition) is 2. The second-order valence-corrected chi connectivity index (χ2v) is 8.74. The highest BCUT2D eigenvalue weighted by atomic mass is 16.6. The van der Waals surface area contributed by atoms with E-state index in [2.05, 4.69) is 10.6 Å². The zero-order valence-corrected chi connectivity index (χ0v) is 19.0. The zero-order chi connectivity index (χ0) is 23.8. The first-order valence-corrected chi connectivity index (χ1v) is 11.2. The van der Waals surface area contributed by atoms with E-state index in [-0.39, 0.29) is 22.3 Å². The largest absolute Gasteiger partial charge is 0.497 e. The van der Waals surface area contributed by atoms with Crippen LogP contribution in [0, 0.1) is 17.0 Å². The standard InChI is InChI=1S/C27H25N3O4/c1-16-7-8-18(14-24(16)30(32)33)27-26-23(28-21-5-3-4-6-22(21)29-27)13-19(15-25(26)31)17-9-11-20(34-2)12-10-17/h3-12,14,19,27-29H,13,15H2,1-2H3/t19-,27+/m1/s1. The van der Waals surface area contributed by atoms with Crippen LogP contribution in [0.4, 0.5) is 17.1 Å². The fourth-order valence-electron chi connectivity index (χ4n) is 4.86. The van der Waals surface area contributed by atoms with Gasteiger partial charge < -0.3 is 15.4 Å². The Morgan fingerprint density at radius 2 is 1.68 bits per heavy atom. The molecule has 1 heterocycles. The van der Waals surface area contributed by atoms with E-state index in [1.165, 1.54) is 0 Å². The third-order valence-corrected chi connectivity index (χ3v) is 6.66. The summed E-state index contributed by atoms with van der Waals surface area (Å²) in [6.45, 7) is 1.72. The summed E-state index contributed by atoms with van der Waals surface area (Å²) in [7, 11) is 1.63. The summed E-state index contributed by atoms with van der Waals surface area (Å²) < 4.78 is 5.27. The molecule has 2 N–H and O–H groups in total. The number of methoxy groups -OCH3 is 1. The highest BCUT2D eigenvalue weighted by Gasteiger charge is 2.36. The maximum absolute atomic E-state index is 13.6. The van der Waals surface area contributed by atoms with Crippen molar-refractivity contribution in [2.75, 3.05) is 17.7 Å². The highest BCUT2D eigenvalue weighted by molar-refractivity contribution is 6.01. The Kier molecular flexibility index (Phi) is 5.53. The van der Waals surface area contributed by atoms with Gasteiger partial charge in [-0.1, -0.05) is 36.4 Å². The van der Waals surface area contributed by atoms with Crippen LogP contribution in [0.5, 0.6) is 5.75 Å². The maximum atomic E-state index is 13.6. The monoisotopic (exact) mass is 455 g/mol. The zero-order valence-electron chi connectivity index (χ0n) is 19.0. The summed E-state index contributed by atoms with van der Waals surface area (Å²) in [4.78, 5) is 24.8. The van der Waals surface area contributed by atoms with Crippen molar-refractivity contribution in [3.63, 3.8) is 0 Å². The lowest BCUT2D eigenvalue weighted by molar-refractivity contribution is -0.385. The number of Topliss-reactive ketones (excluding diaryl/α,β-unsaturated/α-hetero) is 1. The number of hydrogen-bond acceptors (Lipinski definition) is 6. The van der Waals surface area contributed by atoms with Crippen LogP contribution in [0.1, 0.15) is 41.5 Å². The Morgan fingerprint density at radius 3 is 2.38 bits per heavy atom. The van der Waals surface area contributed by atoms with E-state index in [1.807, 2.05) is 54.6 Å². The van der Waals surface area contributed by atoms with Crippen molar-refractivity contribution in [3.8, 4) is 5.75 Å². The minimum Gasteiger partial charge on any atom is -0.497 e. The molecule has 2 aliphatic rings. The normalized spacial score (nSPS) is 19.3. The Morgan fingerprint density at radius 1 is 0.971 bits per heavy atom. The van der Waals surface area contributed by atoms with Crippen LogP contribution in [0.15, 0.2) is 78.0 Å². The molecule has 3 aromatic rings. The van der Waals surface area contributed by atoms with E-state index in [0.29, 0.717) is 29.5 Å². The molecule has 0 aromatic heterocycles. The van der Waals surface area contributed by atoms with E-state index < -0.39 is 6.04 Å². The number of para-hydroxylation sites is 2. The molecule has 0 amide bonds. The first kappa shape index (κ1) is 21.7. The number of ketones is 1. The number of nitrogens with one attached hydrogen (secondary N) is 2. The number of anilines is 2. The molecule has 3 aromatic carbocycles. The predicted molar refractivity (Wildman–Crippen MR) is 131 cm³/mol. The number of ether oxygens (including phenoxy) is 1. The molecule has 0 radical (unpaired) electrons. The molecule has 5 rings (SSSR count). The molecule has 0 saturated heterocycles. The van der Waals surface area contributed by atoms with Gasteiger partial charge >= 0.3 is 0 Å². The maximum Gasteiger partial charge on any atom is 0.272 e. The van der Waals surface area contributed by atoms with Crippen molar-refractivity contribution in [1.29, 1.82) is 0 Å². The molecule has 2 atom stereocenters. The van der Waals surface area contributed by atoms with E-state index >= 15 is 0 Å². The summed E-state index contributed by atoms with van der Waals surface area (Å²) in [6, 6.07) is 20.3. The molecule has 0 bridgehead atoms. The summed E-state index contributed by atoms with van der Waals surface area (Å²) in [5, 5.41) is 18.6. The Bertz CT molecular complexity index is 1310. The molecule has 1 aliphatic heterocycles. The minimum atomic E-state index is -0.491. The first-order valence-electron chi connectivity index (χ1n) is 11.2. The van der Waals surface area contributed by atoms with Crippen molar-refractivity contribution in [1.82, 2.24) is 0 Å². The lowest BCUT2D eigenvalue weighted by Gasteiger charge is -2.30. The number of carbonyl (C=O) groups is 1. The van der Waals surface area contributed by atoms with Crippen LogP contribution >= 0.6 is 0 Å². The Balaban J connectivity index is 1.60. The number of aryl methyl sites for hydroxylation is 1. The smallest absolute Gasteiger partial charge is 0.272 e. The molecule has 1 aliphatic carbocycles. The summed E-state index contributed by atoms with van der Waals surface area (Å²) in [5.41, 5.74) is 5.62. The fraction of sp³-hybridized carbons (Fsp3) is 0.222. The third kappa shape index (κ3) is 3.90. The fourth-order valence-corrected chi connectivity index (χ4v) is 4.86. The van der Waals surface area contributed by atoms with Gasteiger partial charge in [0.25, 0.3) is 5.69 Å². The van der Waals surface area contributed by atoms with Gasteiger partial charge in [0, 0.05) is 29.3 Å². The summed E-state index contributed by atoms with van der Waals surface area (Å²) in [5.74, 6) is 0.837. The van der Waals surface area contributed by atoms with Gasteiger partial charge in [-0.2, -0.15) is 0 Å². The quantitative estimate of drug-likeness (QED) is 0.376. The molecule has 0 spiro atoms. The average Bonchev–Trinajstić information content (AvgIpc) is 3.01. The van der Waals surface area contributed by atoms with Crippen LogP contribution in [-0.4, -0.2) is 17.8 Å². The van der Waals surface area contributed by atoms with Gasteiger partial charge in [0.1, 0.15) is 5.75 Å². The number of carbonyl (C=O) groups excluding carboxylic acids is 1. The number of nitrogens with zero attached hydrogens (tertiary/aromatic N) is 1. The molecular weight excluding hydrogens is 430 g/mol. The summed E-state index contributed by atoms with van der Waals surface area (Å²) in [6.07, 6.45) is 1.03. The van der Waals surface area contributed by atoms with E-state index in [1.54, 1.807) is 26.2 Å². The van der Waals surface area contributed by atoms with Crippen LogP contribution in [-0.2, 0) is 4.79 Å². The van der Waals surface area contributed by atoms with Crippen molar-refractivity contribution in [3.05, 3.63) is 105 Å². The predicted octanol–water partition coefficient (Wildman–Crippen LogP) is 5.89.